The minimum Gasteiger partial charge on any atom is -0.392 e. The average molecular weight is 278 g/mol. The molecule has 0 spiro atoms. The van der Waals surface area contributed by atoms with E-state index in [0.29, 0.717) is 25.1 Å². The average Bonchev–Trinajstić information content (AvgIpc) is 2.69. The Labute approximate surface area is 116 Å². The minimum absolute atomic E-state index is 0.0596. The van der Waals surface area contributed by atoms with Gasteiger partial charge in [-0.3, -0.25) is 4.79 Å². The Hall–Kier alpha value is -1.49. The highest BCUT2D eigenvalue weighted by molar-refractivity contribution is 7.80. The molecule has 1 fully saturated rings. The van der Waals surface area contributed by atoms with Crippen LogP contribution in [-0.2, 0) is 11.2 Å². The van der Waals surface area contributed by atoms with E-state index in [4.69, 9.17) is 18.0 Å². The lowest BCUT2D eigenvalue weighted by Crippen LogP contribution is -2.54. The molecular weight excluding hydrogens is 263 g/mol. The number of halogens is 1. The summed E-state index contributed by atoms with van der Waals surface area (Å²) in [6.45, 7) is 0.585. The Morgan fingerprint density at radius 3 is 2.74 bits per heavy atom. The molecule has 1 aliphatic carbocycles. The first-order valence-corrected chi connectivity index (χ1v) is 6.86. The second-order valence-corrected chi connectivity index (χ2v) is 5.72. The third-order valence-corrected chi connectivity index (χ3v) is 4.67. The third-order valence-electron chi connectivity index (χ3n) is 4.28. The van der Waals surface area contributed by atoms with Crippen LogP contribution in [0.2, 0.25) is 0 Å². The molecule has 0 saturated heterocycles. The molecule has 19 heavy (non-hydrogen) atoms. The van der Waals surface area contributed by atoms with Crippen LogP contribution in [0.5, 0.6) is 0 Å². The van der Waals surface area contributed by atoms with E-state index >= 15 is 0 Å². The summed E-state index contributed by atoms with van der Waals surface area (Å²) in [7, 11) is 0. The van der Waals surface area contributed by atoms with Crippen molar-refractivity contribution in [1.82, 2.24) is 0 Å². The summed E-state index contributed by atoms with van der Waals surface area (Å²) in [6, 6.07) is 4.60. The van der Waals surface area contributed by atoms with E-state index in [2.05, 4.69) is 0 Å². The van der Waals surface area contributed by atoms with Crippen LogP contribution in [0, 0.1) is 11.2 Å². The van der Waals surface area contributed by atoms with Gasteiger partial charge in [-0.1, -0.05) is 24.7 Å². The molecule has 2 aliphatic rings. The molecule has 1 aromatic rings. The van der Waals surface area contributed by atoms with Crippen molar-refractivity contribution >= 4 is 28.8 Å². The van der Waals surface area contributed by atoms with Gasteiger partial charge in [0.15, 0.2) is 0 Å². The molecule has 1 heterocycles. The Balaban J connectivity index is 1.95. The molecule has 0 atom stereocenters. The van der Waals surface area contributed by atoms with Gasteiger partial charge in [0.2, 0.25) is 5.91 Å². The Morgan fingerprint density at radius 1 is 1.42 bits per heavy atom. The molecule has 100 valence electrons. The van der Waals surface area contributed by atoms with Gasteiger partial charge in [0.25, 0.3) is 0 Å². The van der Waals surface area contributed by atoms with Crippen molar-refractivity contribution in [1.29, 1.82) is 0 Å². The summed E-state index contributed by atoms with van der Waals surface area (Å²) in [5.74, 6) is -0.382. The van der Waals surface area contributed by atoms with E-state index in [0.717, 1.165) is 18.4 Å². The Kier molecular flexibility index (Phi) is 2.82. The molecule has 0 bridgehead atoms. The maximum atomic E-state index is 13.4. The number of nitrogens with zero attached hydrogens (tertiary/aromatic N) is 1. The molecule has 0 aromatic heterocycles. The monoisotopic (exact) mass is 278 g/mol. The summed E-state index contributed by atoms with van der Waals surface area (Å²) in [4.78, 5) is 14.6. The van der Waals surface area contributed by atoms with Crippen molar-refractivity contribution in [2.75, 3.05) is 11.4 Å². The van der Waals surface area contributed by atoms with Crippen LogP contribution < -0.4 is 10.6 Å². The van der Waals surface area contributed by atoms with Gasteiger partial charge in [-0.05, 0) is 37.0 Å². The number of amides is 1. The summed E-state index contributed by atoms with van der Waals surface area (Å²) in [5.41, 5.74) is 6.75. The molecular formula is C14H15FN2OS. The summed E-state index contributed by atoms with van der Waals surface area (Å²) < 4.78 is 13.4. The van der Waals surface area contributed by atoms with Gasteiger partial charge in [-0.15, -0.1) is 0 Å². The third kappa shape index (κ3) is 1.75. The topological polar surface area (TPSA) is 46.3 Å². The largest absolute Gasteiger partial charge is 0.392 e. The summed E-state index contributed by atoms with van der Waals surface area (Å²) in [5, 5.41) is 0. The quantitative estimate of drug-likeness (QED) is 0.843. The molecule has 1 saturated carbocycles. The Morgan fingerprint density at radius 2 is 2.16 bits per heavy atom. The van der Waals surface area contributed by atoms with E-state index < -0.39 is 5.41 Å². The number of fused-ring (bicyclic) bond motifs is 1. The number of carbonyl (C=O) groups excluding carboxylic acids is 1. The maximum absolute atomic E-state index is 13.4. The molecule has 1 aromatic carbocycles. The van der Waals surface area contributed by atoms with E-state index in [1.807, 2.05) is 0 Å². The van der Waals surface area contributed by atoms with Crippen LogP contribution >= 0.6 is 12.2 Å². The fraction of sp³-hybridized carbons (Fsp3) is 0.429. The molecule has 1 amide bonds. The van der Waals surface area contributed by atoms with Gasteiger partial charge in [0.1, 0.15) is 5.82 Å². The first kappa shape index (κ1) is 12.5. The van der Waals surface area contributed by atoms with E-state index in [-0.39, 0.29) is 16.7 Å². The molecule has 5 heteroatoms. The van der Waals surface area contributed by atoms with E-state index in [9.17, 15) is 9.18 Å². The fourth-order valence-electron chi connectivity index (χ4n) is 2.92. The van der Waals surface area contributed by atoms with Gasteiger partial charge in [-0.2, -0.15) is 0 Å². The number of hydrogen-bond donors (Lipinski definition) is 1. The van der Waals surface area contributed by atoms with Crippen molar-refractivity contribution in [3.05, 3.63) is 29.6 Å². The zero-order valence-corrected chi connectivity index (χ0v) is 11.3. The van der Waals surface area contributed by atoms with E-state index in [1.165, 1.54) is 12.1 Å². The number of thiocarbonyl (C=S) groups is 1. The van der Waals surface area contributed by atoms with Gasteiger partial charge < -0.3 is 10.6 Å². The second-order valence-electron chi connectivity index (χ2n) is 5.28. The summed E-state index contributed by atoms with van der Waals surface area (Å²) in [6.07, 6.45) is 3.15. The van der Waals surface area contributed by atoms with Crippen molar-refractivity contribution in [3.8, 4) is 0 Å². The lowest BCUT2D eigenvalue weighted by atomic mass is 9.67. The number of benzene rings is 1. The molecule has 1 aliphatic heterocycles. The maximum Gasteiger partial charge on any atom is 0.240 e. The highest BCUT2D eigenvalue weighted by Crippen LogP contribution is 2.45. The van der Waals surface area contributed by atoms with Crippen molar-refractivity contribution in [2.45, 2.75) is 25.7 Å². The van der Waals surface area contributed by atoms with Crippen LogP contribution in [-0.4, -0.2) is 17.4 Å². The standard InChI is InChI=1S/C14H15FN2OS/c15-10-3-2-9-4-7-17(11(9)8-10)13(18)14(12(16)19)5-1-6-14/h2-3,8H,1,4-7H2,(H2,16,19). The number of rotatable bonds is 2. The Bertz CT molecular complexity index is 569. The lowest BCUT2D eigenvalue weighted by molar-refractivity contribution is -0.127. The summed E-state index contributed by atoms with van der Waals surface area (Å²) >= 11 is 5.07. The predicted octanol–water partition coefficient (Wildman–Crippen LogP) is 2.17. The van der Waals surface area contributed by atoms with Crippen LogP contribution in [0.25, 0.3) is 0 Å². The highest BCUT2D eigenvalue weighted by atomic mass is 32.1. The number of hydrogen-bond acceptors (Lipinski definition) is 2. The molecule has 0 radical (unpaired) electrons. The van der Waals surface area contributed by atoms with Crippen LogP contribution in [0.1, 0.15) is 24.8 Å². The second kappa shape index (κ2) is 4.27. The van der Waals surface area contributed by atoms with Crippen LogP contribution in [0.3, 0.4) is 0 Å². The van der Waals surface area contributed by atoms with Crippen LogP contribution in [0.4, 0.5) is 10.1 Å². The van der Waals surface area contributed by atoms with Gasteiger partial charge >= 0.3 is 0 Å². The van der Waals surface area contributed by atoms with Gasteiger partial charge in [-0.25, -0.2) is 4.39 Å². The normalized spacial score (nSPS) is 19.7. The number of anilines is 1. The molecule has 3 rings (SSSR count). The van der Waals surface area contributed by atoms with Crippen LogP contribution in [0.15, 0.2) is 18.2 Å². The first-order valence-electron chi connectivity index (χ1n) is 6.45. The number of nitrogens with two attached hydrogens (primary N) is 1. The minimum atomic E-state index is -0.691. The van der Waals surface area contributed by atoms with Gasteiger partial charge in [0, 0.05) is 12.2 Å². The first-order chi connectivity index (χ1) is 9.04. The highest BCUT2D eigenvalue weighted by Gasteiger charge is 2.50. The smallest absolute Gasteiger partial charge is 0.240 e. The predicted molar refractivity (Wildman–Crippen MR) is 75.5 cm³/mol. The van der Waals surface area contributed by atoms with Gasteiger partial charge in [0.05, 0.1) is 10.4 Å². The number of carbonyl (C=O) groups is 1. The van der Waals surface area contributed by atoms with Crippen molar-refractivity contribution in [3.63, 3.8) is 0 Å². The van der Waals surface area contributed by atoms with Crippen molar-refractivity contribution < 1.29 is 9.18 Å². The van der Waals surface area contributed by atoms with E-state index in [1.54, 1.807) is 11.0 Å². The zero-order valence-electron chi connectivity index (χ0n) is 10.5. The molecule has 3 nitrogen and oxygen atoms in total. The SMILES string of the molecule is NC(=S)C1(C(=O)N2CCc3ccc(F)cc32)CCC1. The van der Waals surface area contributed by atoms with Crippen molar-refractivity contribution in [2.24, 2.45) is 11.1 Å². The molecule has 0 unspecified atom stereocenters. The fourth-order valence-corrected chi connectivity index (χ4v) is 3.21. The zero-order chi connectivity index (χ0) is 13.6. The molecule has 2 N–H and O–H groups in total. The lowest BCUT2D eigenvalue weighted by Gasteiger charge is -2.41.